The highest BCUT2D eigenvalue weighted by Crippen LogP contribution is 2.42. The lowest BCUT2D eigenvalue weighted by molar-refractivity contribution is 0.0857. The summed E-state index contributed by atoms with van der Waals surface area (Å²) in [5, 5.41) is 3.19. The molecule has 0 aliphatic heterocycles. The van der Waals surface area contributed by atoms with E-state index in [1.165, 1.54) is 18.4 Å². The molecule has 0 amide bonds. The van der Waals surface area contributed by atoms with Crippen LogP contribution in [-0.4, -0.2) is 12.3 Å². The number of fused-ring (bicyclic) bond motifs is 1. The number of carbonyl (C=O) groups excluding carboxylic acids is 1. The normalized spacial score (nSPS) is 21.4. The van der Waals surface area contributed by atoms with Gasteiger partial charge < -0.3 is 5.32 Å². The van der Waals surface area contributed by atoms with Gasteiger partial charge in [0.1, 0.15) is 0 Å². The number of nitrogens with one attached hydrogen (secondary N) is 1. The summed E-state index contributed by atoms with van der Waals surface area (Å²) in [5.74, 6) is 0.321. The van der Waals surface area contributed by atoms with Gasteiger partial charge in [0.2, 0.25) is 0 Å². The average molecular weight is 271 g/mol. The van der Waals surface area contributed by atoms with Crippen molar-refractivity contribution in [1.29, 1.82) is 0 Å². The maximum atomic E-state index is 12.5. The Morgan fingerprint density at radius 3 is 2.85 bits per heavy atom. The van der Waals surface area contributed by atoms with Crippen LogP contribution in [0.4, 0.5) is 0 Å². The molecule has 1 aliphatic carbocycles. The summed E-state index contributed by atoms with van der Waals surface area (Å²) < 4.78 is 0. The summed E-state index contributed by atoms with van der Waals surface area (Å²) in [7, 11) is 0. The second kappa shape index (κ2) is 6.74. The fourth-order valence-electron chi connectivity index (χ4n) is 3.32. The molecular formula is C18H25NO. The van der Waals surface area contributed by atoms with Gasteiger partial charge in [-0.05, 0) is 36.4 Å². The number of unbranched alkanes of at least 4 members (excludes halogenated alkanes) is 1. The maximum Gasteiger partial charge on any atom is 0.163 e. The van der Waals surface area contributed by atoms with Gasteiger partial charge in [0.15, 0.2) is 5.78 Å². The molecule has 108 valence electrons. The molecule has 0 bridgehead atoms. The van der Waals surface area contributed by atoms with Crippen LogP contribution >= 0.6 is 0 Å². The van der Waals surface area contributed by atoms with E-state index in [1.807, 2.05) is 18.2 Å². The monoisotopic (exact) mass is 271 g/mol. The molecule has 1 aliphatic rings. The van der Waals surface area contributed by atoms with E-state index in [2.05, 4.69) is 24.9 Å². The van der Waals surface area contributed by atoms with Gasteiger partial charge >= 0.3 is 0 Å². The molecule has 1 N–H and O–H groups in total. The highest BCUT2D eigenvalue weighted by Gasteiger charge is 2.37. The molecule has 1 unspecified atom stereocenters. The first-order chi connectivity index (χ1) is 9.71. The molecular weight excluding hydrogens is 246 g/mol. The number of hydrogen-bond donors (Lipinski definition) is 1. The van der Waals surface area contributed by atoms with Crippen molar-refractivity contribution in [3.05, 3.63) is 48.2 Å². The second-order valence-corrected chi connectivity index (χ2v) is 5.95. The Kier molecular flexibility index (Phi) is 4.99. The van der Waals surface area contributed by atoms with Gasteiger partial charge in [0.25, 0.3) is 0 Å². The van der Waals surface area contributed by atoms with E-state index in [1.54, 1.807) is 6.20 Å². The first-order valence-electron chi connectivity index (χ1n) is 7.66. The van der Waals surface area contributed by atoms with Crippen LogP contribution in [0.25, 0.3) is 0 Å². The Hall–Kier alpha value is -1.57. The standard InChI is InChI=1S/C18H25NO/c1-3-5-10-18(11-12-19-4-2)13-15-8-6-7-9-16(15)17(20)14-18/h4,6-9,19H,2-3,5,10-14H2,1H3. The van der Waals surface area contributed by atoms with E-state index in [4.69, 9.17) is 0 Å². The number of Topliss-reactive ketones (excluding diaryl/α,β-unsaturated/α-hetero) is 1. The van der Waals surface area contributed by atoms with Crippen molar-refractivity contribution in [3.63, 3.8) is 0 Å². The third-order valence-corrected chi connectivity index (χ3v) is 4.42. The molecule has 2 nitrogen and oxygen atoms in total. The molecule has 0 spiro atoms. The van der Waals surface area contributed by atoms with Gasteiger partial charge in [-0.3, -0.25) is 4.79 Å². The zero-order chi connectivity index (χ0) is 14.4. The van der Waals surface area contributed by atoms with Gasteiger partial charge in [-0.25, -0.2) is 0 Å². The molecule has 0 heterocycles. The van der Waals surface area contributed by atoms with Gasteiger partial charge in [-0.15, -0.1) is 0 Å². The van der Waals surface area contributed by atoms with E-state index >= 15 is 0 Å². The predicted molar refractivity (Wildman–Crippen MR) is 83.9 cm³/mol. The first-order valence-corrected chi connectivity index (χ1v) is 7.66. The highest BCUT2D eigenvalue weighted by molar-refractivity contribution is 5.99. The van der Waals surface area contributed by atoms with Crippen molar-refractivity contribution in [3.8, 4) is 0 Å². The van der Waals surface area contributed by atoms with Crippen LogP contribution in [0, 0.1) is 5.41 Å². The van der Waals surface area contributed by atoms with E-state index in [-0.39, 0.29) is 5.41 Å². The minimum absolute atomic E-state index is 0.136. The Balaban J connectivity index is 2.20. The topological polar surface area (TPSA) is 29.1 Å². The number of ketones is 1. The third kappa shape index (κ3) is 3.30. The number of carbonyl (C=O) groups is 1. The predicted octanol–water partition coefficient (Wildman–Crippen LogP) is 4.12. The molecule has 1 aromatic carbocycles. The van der Waals surface area contributed by atoms with Gasteiger partial charge in [0, 0.05) is 18.5 Å². The quantitative estimate of drug-likeness (QED) is 0.756. The van der Waals surface area contributed by atoms with Gasteiger partial charge in [-0.2, -0.15) is 0 Å². The molecule has 1 atom stereocenters. The molecule has 1 aromatic rings. The second-order valence-electron chi connectivity index (χ2n) is 5.95. The fraction of sp³-hybridized carbons (Fsp3) is 0.500. The molecule has 20 heavy (non-hydrogen) atoms. The SMILES string of the molecule is C=CNCCC1(CCCC)CC(=O)c2ccccc2C1. The summed E-state index contributed by atoms with van der Waals surface area (Å²) >= 11 is 0. The van der Waals surface area contributed by atoms with Crippen molar-refractivity contribution in [2.24, 2.45) is 5.41 Å². The van der Waals surface area contributed by atoms with Crippen molar-refractivity contribution in [2.75, 3.05) is 6.54 Å². The zero-order valence-electron chi connectivity index (χ0n) is 12.5. The van der Waals surface area contributed by atoms with Crippen LogP contribution in [0.5, 0.6) is 0 Å². The largest absolute Gasteiger partial charge is 0.391 e. The van der Waals surface area contributed by atoms with E-state index < -0.39 is 0 Å². The average Bonchev–Trinajstić information content (AvgIpc) is 2.46. The van der Waals surface area contributed by atoms with Gasteiger partial charge in [0.05, 0.1) is 0 Å². The van der Waals surface area contributed by atoms with Gasteiger partial charge in [-0.1, -0.05) is 50.6 Å². The van der Waals surface area contributed by atoms with Crippen LogP contribution in [-0.2, 0) is 6.42 Å². The van der Waals surface area contributed by atoms with Crippen LogP contribution in [0.15, 0.2) is 37.0 Å². The van der Waals surface area contributed by atoms with Crippen LogP contribution < -0.4 is 5.32 Å². The van der Waals surface area contributed by atoms with Crippen molar-refractivity contribution >= 4 is 5.78 Å². The number of hydrogen-bond acceptors (Lipinski definition) is 2. The summed E-state index contributed by atoms with van der Waals surface area (Å²) in [4.78, 5) is 12.5. The van der Waals surface area contributed by atoms with Crippen molar-refractivity contribution < 1.29 is 4.79 Å². The smallest absolute Gasteiger partial charge is 0.163 e. The molecule has 0 aromatic heterocycles. The Labute approximate surface area is 122 Å². The van der Waals surface area contributed by atoms with Crippen molar-refractivity contribution in [2.45, 2.75) is 45.4 Å². The summed E-state index contributed by atoms with van der Waals surface area (Å²) in [6, 6.07) is 8.11. The fourth-order valence-corrected chi connectivity index (χ4v) is 3.32. The van der Waals surface area contributed by atoms with Crippen LogP contribution in [0.3, 0.4) is 0 Å². The maximum absolute atomic E-state index is 12.5. The van der Waals surface area contributed by atoms with Crippen LogP contribution in [0.2, 0.25) is 0 Å². The minimum atomic E-state index is 0.136. The molecule has 0 saturated heterocycles. The Morgan fingerprint density at radius 2 is 2.10 bits per heavy atom. The van der Waals surface area contributed by atoms with E-state index in [9.17, 15) is 4.79 Å². The minimum Gasteiger partial charge on any atom is -0.391 e. The molecule has 0 radical (unpaired) electrons. The van der Waals surface area contributed by atoms with Crippen LogP contribution in [0.1, 0.15) is 54.9 Å². The zero-order valence-corrected chi connectivity index (χ0v) is 12.5. The Bertz CT molecular complexity index is 480. The Morgan fingerprint density at radius 1 is 1.30 bits per heavy atom. The van der Waals surface area contributed by atoms with Crippen molar-refractivity contribution in [1.82, 2.24) is 5.32 Å². The van der Waals surface area contributed by atoms with E-state index in [0.717, 1.165) is 31.4 Å². The lowest BCUT2D eigenvalue weighted by Crippen LogP contribution is -2.35. The lowest BCUT2D eigenvalue weighted by Gasteiger charge is -2.38. The molecule has 2 heteroatoms. The highest BCUT2D eigenvalue weighted by atomic mass is 16.1. The lowest BCUT2D eigenvalue weighted by atomic mass is 9.66. The number of rotatable bonds is 7. The first kappa shape index (κ1) is 14.8. The summed E-state index contributed by atoms with van der Waals surface area (Å²) in [5.41, 5.74) is 2.31. The number of benzene rings is 1. The molecule has 0 saturated carbocycles. The summed E-state index contributed by atoms with van der Waals surface area (Å²) in [6.45, 7) is 6.82. The summed E-state index contributed by atoms with van der Waals surface area (Å²) in [6.07, 6.45) is 8.04. The molecule has 0 fully saturated rings. The van der Waals surface area contributed by atoms with E-state index in [0.29, 0.717) is 12.2 Å². The third-order valence-electron chi connectivity index (χ3n) is 4.42. The molecule has 2 rings (SSSR count).